The smallest absolute Gasteiger partial charge is 0.307 e. The predicted molar refractivity (Wildman–Crippen MR) is 52.8 cm³/mol. The summed E-state index contributed by atoms with van der Waals surface area (Å²) in [5.74, 6) is -0.401. The van der Waals surface area contributed by atoms with E-state index in [4.69, 9.17) is 4.74 Å². The van der Waals surface area contributed by atoms with E-state index in [1.54, 1.807) is 20.9 Å². The van der Waals surface area contributed by atoms with Gasteiger partial charge in [-0.3, -0.25) is 9.59 Å². The van der Waals surface area contributed by atoms with E-state index in [-0.39, 0.29) is 24.3 Å². The molecule has 1 atom stereocenters. The van der Waals surface area contributed by atoms with Gasteiger partial charge in [0.25, 0.3) is 0 Å². The highest BCUT2D eigenvalue weighted by Gasteiger charge is 2.09. The summed E-state index contributed by atoms with van der Waals surface area (Å²) in [6.07, 6.45) is 0.218. The molecule has 0 aliphatic heterocycles. The van der Waals surface area contributed by atoms with Crippen LogP contribution in [-0.2, 0) is 14.3 Å². The number of esters is 1. The van der Waals surface area contributed by atoms with E-state index in [1.165, 1.54) is 0 Å². The Morgan fingerprint density at radius 1 is 1.43 bits per heavy atom. The largest absolute Gasteiger partial charge is 0.466 e. The maximum absolute atomic E-state index is 11.2. The number of amides is 1. The Balaban J connectivity index is 3.54. The topological polar surface area (TPSA) is 67.4 Å². The summed E-state index contributed by atoms with van der Waals surface area (Å²) in [5, 5.41) is 5.42. The summed E-state index contributed by atoms with van der Waals surface area (Å²) in [6.45, 7) is 4.20. The lowest BCUT2D eigenvalue weighted by molar-refractivity contribution is -0.143. The Bertz CT molecular complexity index is 194. The van der Waals surface area contributed by atoms with Crippen LogP contribution in [0.25, 0.3) is 0 Å². The Hall–Kier alpha value is -1.10. The van der Waals surface area contributed by atoms with E-state index in [0.717, 1.165) is 0 Å². The van der Waals surface area contributed by atoms with Gasteiger partial charge in [-0.15, -0.1) is 0 Å². The van der Waals surface area contributed by atoms with E-state index in [9.17, 15) is 9.59 Å². The molecule has 5 nitrogen and oxygen atoms in total. The first-order valence-electron chi connectivity index (χ1n) is 4.72. The van der Waals surface area contributed by atoms with Gasteiger partial charge in [0.1, 0.15) is 0 Å². The molecule has 0 saturated carbocycles. The molecule has 0 fully saturated rings. The van der Waals surface area contributed by atoms with Gasteiger partial charge >= 0.3 is 5.97 Å². The number of nitrogens with one attached hydrogen (secondary N) is 2. The van der Waals surface area contributed by atoms with Crippen LogP contribution in [0.3, 0.4) is 0 Å². The Labute approximate surface area is 84.2 Å². The molecule has 0 aromatic carbocycles. The molecule has 1 unspecified atom stereocenters. The summed E-state index contributed by atoms with van der Waals surface area (Å²) in [5.41, 5.74) is 0. The summed E-state index contributed by atoms with van der Waals surface area (Å²) < 4.78 is 4.70. The highest BCUT2D eigenvalue weighted by atomic mass is 16.5. The van der Waals surface area contributed by atoms with Gasteiger partial charge in [0.05, 0.1) is 19.1 Å². The van der Waals surface area contributed by atoms with Crippen LogP contribution in [0.4, 0.5) is 0 Å². The van der Waals surface area contributed by atoms with Gasteiger partial charge in [-0.25, -0.2) is 0 Å². The molecule has 0 radical (unpaired) electrons. The predicted octanol–water partition coefficient (Wildman–Crippen LogP) is -0.336. The third-order valence-electron chi connectivity index (χ3n) is 1.76. The summed E-state index contributed by atoms with van der Waals surface area (Å²) in [7, 11) is 1.70. The summed E-state index contributed by atoms with van der Waals surface area (Å²) >= 11 is 0. The Kier molecular flexibility index (Phi) is 6.74. The molecule has 0 aliphatic rings. The fourth-order valence-corrected chi connectivity index (χ4v) is 0.805. The molecule has 2 N–H and O–H groups in total. The lowest BCUT2D eigenvalue weighted by Crippen LogP contribution is -2.41. The number of likely N-dealkylation sites (N-methyl/N-ethyl adjacent to an activating group) is 1. The van der Waals surface area contributed by atoms with E-state index < -0.39 is 0 Å². The molecule has 0 saturated heterocycles. The van der Waals surface area contributed by atoms with Crippen LogP contribution in [0.5, 0.6) is 0 Å². The second-order valence-electron chi connectivity index (χ2n) is 2.86. The van der Waals surface area contributed by atoms with Gasteiger partial charge in [-0.2, -0.15) is 0 Å². The number of hydrogen-bond donors (Lipinski definition) is 2. The van der Waals surface area contributed by atoms with E-state index in [1.807, 2.05) is 0 Å². The van der Waals surface area contributed by atoms with Crippen molar-refractivity contribution in [1.82, 2.24) is 10.6 Å². The lowest BCUT2D eigenvalue weighted by atomic mass is 10.3. The first-order valence-corrected chi connectivity index (χ1v) is 4.72. The maximum Gasteiger partial charge on any atom is 0.307 e. The average molecular weight is 202 g/mol. The molecule has 0 bridgehead atoms. The number of carbonyl (C=O) groups is 2. The SMILES string of the molecule is CCOC(=O)CCNC(=O)C(C)NC. The molecule has 0 aromatic rings. The summed E-state index contributed by atoms with van der Waals surface area (Å²) in [4.78, 5) is 22.1. The minimum Gasteiger partial charge on any atom is -0.466 e. The molecule has 0 spiro atoms. The molecule has 5 heteroatoms. The molecule has 0 aromatic heterocycles. The maximum atomic E-state index is 11.2. The minimum atomic E-state index is -0.287. The third-order valence-corrected chi connectivity index (χ3v) is 1.76. The van der Waals surface area contributed by atoms with E-state index >= 15 is 0 Å². The highest BCUT2D eigenvalue weighted by molar-refractivity contribution is 5.81. The van der Waals surface area contributed by atoms with Crippen LogP contribution >= 0.6 is 0 Å². The quantitative estimate of drug-likeness (QED) is 0.578. The number of rotatable bonds is 6. The Morgan fingerprint density at radius 2 is 2.07 bits per heavy atom. The van der Waals surface area contributed by atoms with Crippen molar-refractivity contribution < 1.29 is 14.3 Å². The van der Waals surface area contributed by atoms with Crippen LogP contribution in [0.1, 0.15) is 20.3 Å². The molecular formula is C9H18N2O3. The van der Waals surface area contributed by atoms with Crippen molar-refractivity contribution in [3.63, 3.8) is 0 Å². The number of carbonyl (C=O) groups excluding carboxylic acids is 2. The zero-order valence-corrected chi connectivity index (χ0v) is 8.92. The van der Waals surface area contributed by atoms with Gasteiger partial charge in [-0.05, 0) is 20.9 Å². The van der Waals surface area contributed by atoms with E-state index in [2.05, 4.69) is 10.6 Å². The van der Waals surface area contributed by atoms with Crippen molar-refractivity contribution in [2.45, 2.75) is 26.3 Å². The average Bonchev–Trinajstić information content (AvgIpc) is 2.16. The van der Waals surface area contributed by atoms with Gasteiger partial charge in [-0.1, -0.05) is 0 Å². The molecule has 14 heavy (non-hydrogen) atoms. The first kappa shape index (κ1) is 12.9. The van der Waals surface area contributed by atoms with Crippen LogP contribution in [-0.4, -0.2) is 38.1 Å². The number of hydrogen-bond acceptors (Lipinski definition) is 4. The van der Waals surface area contributed by atoms with Gasteiger partial charge in [0.15, 0.2) is 0 Å². The molecule has 0 heterocycles. The van der Waals surface area contributed by atoms with Crippen molar-refractivity contribution in [2.24, 2.45) is 0 Å². The first-order chi connectivity index (χ1) is 6.61. The minimum absolute atomic E-state index is 0.114. The highest BCUT2D eigenvalue weighted by Crippen LogP contribution is 1.85. The van der Waals surface area contributed by atoms with Crippen LogP contribution in [0.15, 0.2) is 0 Å². The zero-order chi connectivity index (χ0) is 11.0. The van der Waals surface area contributed by atoms with Crippen LogP contribution < -0.4 is 10.6 Å². The van der Waals surface area contributed by atoms with Crippen LogP contribution in [0, 0.1) is 0 Å². The lowest BCUT2D eigenvalue weighted by Gasteiger charge is -2.10. The molecular weight excluding hydrogens is 184 g/mol. The van der Waals surface area contributed by atoms with Gasteiger partial charge < -0.3 is 15.4 Å². The fraction of sp³-hybridized carbons (Fsp3) is 0.778. The fourth-order valence-electron chi connectivity index (χ4n) is 0.805. The molecule has 0 aliphatic carbocycles. The second-order valence-corrected chi connectivity index (χ2v) is 2.86. The van der Waals surface area contributed by atoms with Crippen molar-refractivity contribution in [3.8, 4) is 0 Å². The standard InChI is InChI=1S/C9H18N2O3/c1-4-14-8(12)5-6-11-9(13)7(2)10-3/h7,10H,4-6H2,1-3H3,(H,11,13). The van der Waals surface area contributed by atoms with Crippen molar-refractivity contribution in [2.75, 3.05) is 20.2 Å². The van der Waals surface area contributed by atoms with Crippen molar-refractivity contribution in [3.05, 3.63) is 0 Å². The van der Waals surface area contributed by atoms with Crippen LogP contribution in [0.2, 0.25) is 0 Å². The van der Waals surface area contributed by atoms with Gasteiger partial charge in [0, 0.05) is 6.54 Å². The van der Waals surface area contributed by atoms with Crippen molar-refractivity contribution in [1.29, 1.82) is 0 Å². The second kappa shape index (κ2) is 7.32. The van der Waals surface area contributed by atoms with Crippen molar-refractivity contribution >= 4 is 11.9 Å². The summed E-state index contributed by atoms with van der Waals surface area (Å²) in [6, 6.07) is -0.239. The molecule has 0 rings (SSSR count). The third kappa shape index (κ3) is 5.53. The van der Waals surface area contributed by atoms with E-state index in [0.29, 0.717) is 13.2 Å². The molecule has 1 amide bonds. The molecule has 82 valence electrons. The Morgan fingerprint density at radius 3 is 2.57 bits per heavy atom. The monoisotopic (exact) mass is 202 g/mol. The number of ether oxygens (including phenoxy) is 1. The zero-order valence-electron chi connectivity index (χ0n) is 8.92. The van der Waals surface area contributed by atoms with Gasteiger partial charge in [0.2, 0.25) is 5.91 Å². The normalized spacial score (nSPS) is 11.9.